The van der Waals surface area contributed by atoms with Gasteiger partial charge in [-0.2, -0.15) is 0 Å². The van der Waals surface area contributed by atoms with Crippen LogP contribution in [-0.2, 0) is 6.54 Å². The molecule has 1 aromatic heterocycles. The standard InChI is InChI=1S/C13H16N2O/c1-10-2-5-13-11(8-10)3-4-12(15-13)9-14-6-7-16/h2-5,8,14,16H,6-7,9H2,1H3. The molecule has 0 saturated heterocycles. The highest BCUT2D eigenvalue weighted by molar-refractivity contribution is 5.79. The fourth-order valence-electron chi connectivity index (χ4n) is 1.68. The van der Waals surface area contributed by atoms with Crippen molar-refractivity contribution < 1.29 is 5.11 Å². The van der Waals surface area contributed by atoms with Crippen molar-refractivity contribution in [2.75, 3.05) is 13.2 Å². The van der Waals surface area contributed by atoms with Gasteiger partial charge in [0.25, 0.3) is 0 Å². The topological polar surface area (TPSA) is 45.2 Å². The van der Waals surface area contributed by atoms with E-state index in [1.807, 2.05) is 12.1 Å². The van der Waals surface area contributed by atoms with E-state index in [-0.39, 0.29) is 6.61 Å². The molecule has 0 amide bonds. The van der Waals surface area contributed by atoms with Crippen LogP contribution in [0.25, 0.3) is 10.9 Å². The summed E-state index contributed by atoms with van der Waals surface area (Å²) >= 11 is 0. The Morgan fingerprint density at radius 1 is 1.25 bits per heavy atom. The SMILES string of the molecule is Cc1ccc2nc(CNCCO)ccc2c1. The number of hydrogen-bond acceptors (Lipinski definition) is 3. The summed E-state index contributed by atoms with van der Waals surface area (Å²) in [5.74, 6) is 0. The summed E-state index contributed by atoms with van der Waals surface area (Å²) in [4.78, 5) is 4.54. The zero-order chi connectivity index (χ0) is 11.4. The van der Waals surface area contributed by atoms with Crippen LogP contribution in [-0.4, -0.2) is 23.2 Å². The van der Waals surface area contributed by atoms with E-state index in [0.29, 0.717) is 13.1 Å². The van der Waals surface area contributed by atoms with Crippen LogP contribution >= 0.6 is 0 Å². The van der Waals surface area contributed by atoms with Crippen molar-refractivity contribution in [3.05, 3.63) is 41.6 Å². The average molecular weight is 216 g/mol. The zero-order valence-electron chi connectivity index (χ0n) is 9.40. The van der Waals surface area contributed by atoms with Gasteiger partial charge < -0.3 is 10.4 Å². The second-order valence-corrected chi connectivity index (χ2v) is 3.90. The van der Waals surface area contributed by atoms with E-state index in [9.17, 15) is 0 Å². The molecule has 1 aromatic carbocycles. The molecule has 0 aliphatic heterocycles. The molecule has 2 rings (SSSR count). The molecule has 2 N–H and O–H groups in total. The number of hydrogen-bond donors (Lipinski definition) is 2. The molecular formula is C13H16N2O. The van der Waals surface area contributed by atoms with Gasteiger partial charge in [0.15, 0.2) is 0 Å². The second kappa shape index (κ2) is 5.05. The Bertz CT molecular complexity index is 482. The lowest BCUT2D eigenvalue weighted by Gasteiger charge is -2.04. The number of benzene rings is 1. The van der Waals surface area contributed by atoms with Crippen molar-refractivity contribution in [2.45, 2.75) is 13.5 Å². The molecule has 0 unspecified atom stereocenters. The van der Waals surface area contributed by atoms with Gasteiger partial charge in [-0.1, -0.05) is 17.7 Å². The molecule has 0 aliphatic rings. The molecule has 0 saturated carbocycles. The molecule has 84 valence electrons. The minimum atomic E-state index is 0.159. The third kappa shape index (κ3) is 2.56. The van der Waals surface area contributed by atoms with Crippen molar-refractivity contribution in [3.63, 3.8) is 0 Å². The molecule has 0 radical (unpaired) electrons. The summed E-state index contributed by atoms with van der Waals surface area (Å²) in [5, 5.41) is 13.0. The van der Waals surface area contributed by atoms with Gasteiger partial charge in [-0.25, -0.2) is 0 Å². The molecule has 3 heteroatoms. The van der Waals surface area contributed by atoms with E-state index in [1.165, 1.54) is 10.9 Å². The predicted octanol–water partition coefficient (Wildman–Crippen LogP) is 1.63. The van der Waals surface area contributed by atoms with E-state index in [4.69, 9.17) is 5.11 Å². The van der Waals surface area contributed by atoms with Crippen LogP contribution in [0.1, 0.15) is 11.3 Å². The number of nitrogens with one attached hydrogen (secondary N) is 1. The fraction of sp³-hybridized carbons (Fsp3) is 0.308. The lowest BCUT2D eigenvalue weighted by molar-refractivity contribution is 0.291. The quantitative estimate of drug-likeness (QED) is 0.763. The van der Waals surface area contributed by atoms with Crippen LogP contribution in [0.15, 0.2) is 30.3 Å². The Morgan fingerprint density at radius 3 is 2.94 bits per heavy atom. The first kappa shape index (κ1) is 11.0. The van der Waals surface area contributed by atoms with E-state index >= 15 is 0 Å². The molecule has 0 bridgehead atoms. The number of nitrogens with zero attached hydrogens (tertiary/aromatic N) is 1. The molecule has 3 nitrogen and oxygen atoms in total. The minimum Gasteiger partial charge on any atom is -0.395 e. The van der Waals surface area contributed by atoms with E-state index < -0.39 is 0 Å². The van der Waals surface area contributed by atoms with Crippen molar-refractivity contribution in [1.29, 1.82) is 0 Å². The van der Waals surface area contributed by atoms with Crippen LogP contribution in [0.2, 0.25) is 0 Å². The summed E-state index contributed by atoms with van der Waals surface area (Å²) in [6, 6.07) is 10.4. The van der Waals surface area contributed by atoms with Gasteiger partial charge in [-0.05, 0) is 25.1 Å². The lowest BCUT2D eigenvalue weighted by Crippen LogP contribution is -2.18. The van der Waals surface area contributed by atoms with Crippen LogP contribution in [0.4, 0.5) is 0 Å². The monoisotopic (exact) mass is 216 g/mol. The summed E-state index contributed by atoms with van der Waals surface area (Å²) in [6.45, 7) is 3.54. The van der Waals surface area contributed by atoms with Gasteiger partial charge in [0.05, 0.1) is 17.8 Å². The smallest absolute Gasteiger partial charge is 0.0706 e. The van der Waals surface area contributed by atoms with Gasteiger partial charge in [0.2, 0.25) is 0 Å². The maximum absolute atomic E-state index is 8.66. The first-order valence-electron chi connectivity index (χ1n) is 5.47. The Labute approximate surface area is 95.1 Å². The number of rotatable bonds is 4. The van der Waals surface area contributed by atoms with Crippen molar-refractivity contribution in [3.8, 4) is 0 Å². The molecule has 16 heavy (non-hydrogen) atoms. The number of aliphatic hydroxyl groups is 1. The third-order valence-electron chi connectivity index (χ3n) is 2.50. The van der Waals surface area contributed by atoms with Crippen molar-refractivity contribution in [1.82, 2.24) is 10.3 Å². The van der Waals surface area contributed by atoms with Crippen LogP contribution < -0.4 is 5.32 Å². The summed E-state index contributed by atoms with van der Waals surface area (Å²) in [6.07, 6.45) is 0. The summed E-state index contributed by atoms with van der Waals surface area (Å²) in [5.41, 5.74) is 3.28. The predicted molar refractivity (Wildman–Crippen MR) is 65.3 cm³/mol. The lowest BCUT2D eigenvalue weighted by atomic mass is 10.1. The van der Waals surface area contributed by atoms with Gasteiger partial charge in [-0.15, -0.1) is 0 Å². The van der Waals surface area contributed by atoms with Gasteiger partial charge >= 0.3 is 0 Å². The summed E-state index contributed by atoms with van der Waals surface area (Å²) < 4.78 is 0. The maximum atomic E-state index is 8.66. The van der Waals surface area contributed by atoms with Crippen molar-refractivity contribution >= 4 is 10.9 Å². The second-order valence-electron chi connectivity index (χ2n) is 3.90. The third-order valence-corrected chi connectivity index (χ3v) is 2.50. The number of aliphatic hydroxyl groups excluding tert-OH is 1. The Hall–Kier alpha value is -1.45. The first-order chi connectivity index (χ1) is 7.79. The van der Waals surface area contributed by atoms with Crippen LogP contribution in [0.5, 0.6) is 0 Å². The molecule has 0 fully saturated rings. The molecule has 0 aliphatic carbocycles. The van der Waals surface area contributed by atoms with Crippen LogP contribution in [0, 0.1) is 6.92 Å². The number of pyridine rings is 1. The van der Waals surface area contributed by atoms with Gasteiger partial charge in [-0.3, -0.25) is 4.98 Å². The Balaban J connectivity index is 2.20. The molecule has 1 heterocycles. The molecule has 0 spiro atoms. The van der Waals surface area contributed by atoms with Crippen molar-refractivity contribution in [2.24, 2.45) is 0 Å². The highest BCUT2D eigenvalue weighted by Crippen LogP contribution is 2.14. The van der Waals surface area contributed by atoms with E-state index in [2.05, 4.69) is 35.4 Å². The minimum absolute atomic E-state index is 0.159. The largest absolute Gasteiger partial charge is 0.395 e. The normalized spacial score (nSPS) is 10.9. The van der Waals surface area contributed by atoms with E-state index in [1.54, 1.807) is 0 Å². The molecule has 2 aromatic rings. The van der Waals surface area contributed by atoms with E-state index in [0.717, 1.165) is 11.2 Å². The Morgan fingerprint density at radius 2 is 2.12 bits per heavy atom. The number of aryl methyl sites for hydroxylation is 1. The molecule has 0 atom stereocenters. The average Bonchev–Trinajstić information content (AvgIpc) is 2.29. The van der Waals surface area contributed by atoms with Crippen LogP contribution in [0.3, 0.4) is 0 Å². The molecular weight excluding hydrogens is 200 g/mol. The first-order valence-corrected chi connectivity index (χ1v) is 5.47. The summed E-state index contributed by atoms with van der Waals surface area (Å²) in [7, 11) is 0. The Kier molecular flexibility index (Phi) is 3.49. The highest BCUT2D eigenvalue weighted by Gasteiger charge is 1.98. The van der Waals surface area contributed by atoms with Gasteiger partial charge in [0.1, 0.15) is 0 Å². The maximum Gasteiger partial charge on any atom is 0.0706 e. The highest BCUT2D eigenvalue weighted by atomic mass is 16.3. The number of aromatic nitrogens is 1. The zero-order valence-corrected chi connectivity index (χ0v) is 9.40. The fourth-order valence-corrected chi connectivity index (χ4v) is 1.68. The van der Waals surface area contributed by atoms with Gasteiger partial charge in [0, 0.05) is 18.5 Å². The number of fused-ring (bicyclic) bond motifs is 1.